The van der Waals surface area contributed by atoms with Crippen molar-refractivity contribution < 1.29 is 4.42 Å². The third-order valence-corrected chi connectivity index (χ3v) is 9.88. The molecule has 0 radical (unpaired) electrons. The zero-order valence-corrected chi connectivity index (χ0v) is 25.9. The lowest BCUT2D eigenvalue weighted by molar-refractivity contribution is 0.660. The van der Waals surface area contributed by atoms with Crippen molar-refractivity contribution >= 4 is 43.7 Å². The second-order valence-electron chi connectivity index (χ2n) is 12.8. The maximum absolute atomic E-state index is 6.55. The molecule has 5 heteroatoms. The lowest BCUT2D eigenvalue weighted by Gasteiger charge is -2.21. The maximum Gasteiger partial charge on any atom is 0.238 e. The summed E-state index contributed by atoms with van der Waals surface area (Å²) in [5.74, 6) is 1.84. The highest BCUT2D eigenvalue weighted by Gasteiger charge is 2.37. The van der Waals surface area contributed by atoms with Crippen molar-refractivity contribution in [3.05, 3.63) is 145 Å². The van der Waals surface area contributed by atoms with E-state index in [9.17, 15) is 0 Å². The summed E-state index contributed by atoms with van der Waals surface area (Å²) in [7, 11) is 0. The van der Waals surface area contributed by atoms with E-state index in [1.165, 1.54) is 22.3 Å². The van der Waals surface area contributed by atoms with E-state index in [4.69, 9.17) is 19.4 Å². The number of fused-ring (bicyclic) bond motifs is 10. The smallest absolute Gasteiger partial charge is 0.238 e. The van der Waals surface area contributed by atoms with Crippen molar-refractivity contribution in [2.75, 3.05) is 0 Å². The van der Waals surface area contributed by atoms with Gasteiger partial charge in [-0.2, -0.15) is 9.97 Å². The number of aromatic nitrogens is 4. The summed E-state index contributed by atoms with van der Waals surface area (Å²) in [6.07, 6.45) is 0. The summed E-state index contributed by atoms with van der Waals surface area (Å²) in [4.78, 5) is 15.6. The molecule has 1 aliphatic rings. The Morgan fingerprint density at radius 2 is 1.23 bits per heavy atom. The highest BCUT2D eigenvalue weighted by Crippen LogP contribution is 2.51. The van der Waals surface area contributed by atoms with Gasteiger partial charge in [0.1, 0.15) is 11.2 Å². The van der Waals surface area contributed by atoms with Gasteiger partial charge in [-0.3, -0.25) is 4.57 Å². The third kappa shape index (κ3) is 3.62. The van der Waals surface area contributed by atoms with Gasteiger partial charge in [0, 0.05) is 32.7 Å². The Kier molecular flexibility index (Phi) is 5.28. The molecule has 5 nitrogen and oxygen atoms in total. The highest BCUT2D eigenvalue weighted by molar-refractivity contribution is 6.23. The van der Waals surface area contributed by atoms with Crippen LogP contribution in [0.2, 0.25) is 0 Å². The van der Waals surface area contributed by atoms with E-state index >= 15 is 0 Å². The van der Waals surface area contributed by atoms with Crippen LogP contribution in [0.4, 0.5) is 0 Å². The average molecular weight is 605 g/mol. The molecule has 47 heavy (non-hydrogen) atoms. The van der Waals surface area contributed by atoms with Gasteiger partial charge in [-0.05, 0) is 46.5 Å². The Labute approximate surface area is 270 Å². The summed E-state index contributed by atoms with van der Waals surface area (Å²) in [6.45, 7) is 4.60. The molecular weight excluding hydrogens is 576 g/mol. The zero-order chi connectivity index (χ0) is 31.3. The topological polar surface area (TPSA) is 56.7 Å². The first-order valence-electron chi connectivity index (χ1n) is 16.0. The van der Waals surface area contributed by atoms with Crippen LogP contribution in [-0.4, -0.2) is 19.5 Å². The van der Waals surface area contributed by atoms with Crippen molar-refractivity contribution in [1.82, 2.24) is 19.5 Å². The standard InChI is InChI=1S/C42H28N4O/c1-42(2)31-19-9-6-16-28(31)36-30(18-12-20-32(36)42)40-43-39(25-13-4-3-5-14-25)44-41(45-40)46-33-21-10-7-17-29(33)37-34(46)24-23-27-26-15-8-11-22-35(26)47-38(27)37/h3-24H,1-2H3. The lowest BCUT2D eigenvalue weighted by atomic mass is 9.82. The Balaban J connectivity index is 1.30. The quantitative estimate of drug-likeness (QED) is 0.201. The second kappa shape index (κ2) is 9.47. The maximum atomic E-state index is 6.55. The van der Waals surface area contributed by atoms with Gasteiger partial charge in [0.25, 0.3) is 0 Å². The largest absolute Gasteiger partial charge is 0.455 e. The number of hydrogen-bond donors (Lipinski definition) is 0. The van der Waals surface area contributed by atoms with Crippen molar-refractivity contribution in [3.63, 3.8) is 0 Å². The molecule has 0 spiro atoms. The van der Waals surface area contributed by atoms with Gasteiger partial charge in [0.15, 0.2) is 11.6 Å². The molecule has 6 aromatic carbocycles. The van der Waals surface area contributed by atoms with Gasteiger partial charge in [0.05, 0.1) is 16.4 Å². The predicted molar refractivity (Wildman–Crippen MR) is 190 cm³/mol. The molecule has 0 N–H and O–H groups in total. The number of rotatable bonds is 3. The first-order valence-corrected chi connectivity index (χ1v) is 16.0. The first kappa shape index (κ1) is 26.2. The van der Waals surface area contributed by atoms with E-state index in [0.717, 1.165) is 54.9 Å². The number of furan rings is 1. The van der Waals surface area contributed by atoms with E-state index in [0.29, 0.717) is 17.6 Å². The molecule has 0 bridgehead atoms. The fourth-order valence-electron chi connectivity index (χ4n) is 7.69. The van der Waals surface area contributed by atoms with E-state index in [1.807, 2.05) is 30.3 Å². The Hall–Kier alpha value is -6.07. The molecule has 0 fully saturated rings. The summed E-state index contributed by atoms with van der Waals surface area (Å²) >= 11 is 0. The zero-order valence-electron chi connectivity index (χ0n) is 25.9. The SMILES string of the molecule is CC1(C)c2ccccc2-c2c(-c3nc(-c4ccccc4)nc(-n4c5ccccc5c5c6oc7ccccc7c6ccc54)n3)cccc21. The fraction of sp³-hybridized carbons (Fsp3) is 0.0714. The molecule has 3 heterocycles. The molecule has 0 unspecified atom stereocenters. The second-order valence-corrected chi connectivity index (χ2v) is 12.8. The van der Waals surface area contributed by atoms with Crippen LogP contribution in [0.5, 0.6) is 0 Å². The molecule has 0 saturated heterocycles. The van der Waals surface area contributed by atoms with Crippen LogP contribution in [0.3, 0.4) is 0 Å². The molecule has 3 aromatic heterocycles. The monoisotopic (exact) mass is 604 g/mol. The van der Waals surface area contributed by atoms with Gasteiger partial charge in [-0.1, -0.05) is 123 Å². The molecule has 0 aliphatic heterocycles. The van der Waals surface area contributed by atoms with Gasteiger partial charge in [-0.15, -0.1) is 0 Å². The van der Waals surface area contributed by atoms with Crippen LogP contribution in [0.15, 0.2) is 138 Å². The normalized spacial score (nSPS) is 13.5. The van der Waals surface area contributed by atoms with Crippen LogP contribution in [0.1, 0.15) is 25.0 Å². The molecule has 9 aromatic rings. The molecule has 1 aliphatic carbocycles. The molecule has 0 atom stereocenters. The fourth-order valence-corrected chi connectivity index (χ4v) is 7.69. The minimum Gasteiger partial charge on any atom is -0.455 e. The van der Waals surface area contributed by atoms with E-state index in [2.05, 4.69) is 122 Å². The third-order valence-electron chi connectivity index (χ3n) is 9.88. The van der Waals surface area contributed by atoms with E-state index in [-0.39, 0.29) is 5.41 Å². The minimum atomic E-state index is -0.134. The van der Waals surface area contributed by atoms with Gasteiger partial charge in [-0.25, -0.2) is 4.98 Å². The van der Waals surface area contributed by atoms with Crippen molar-refractivity contribution in [1.29, 1.82) is 0 Å². The van der Waals surface area contributed by atoms with Crippen molar-refractivity contribution in [2.24, 2.45) is 0 Å². The number of hydrogen-bond acceptors (Lipinski definition) is 4. The summed E-state index contributed by atoms with van der Waals surface area (Å²) < 4.78 is 8.71. The molecule has 222 valence electrons. The molecule has 0 amide bonds. The van der Waals surface area contributed by atoms with Crippen molar-refractivity contribution in [3.8, 4) is 39.9 Å². The molecule has 0 saturated carbocycles. The summed E-state index contributed by atoms with van der Waals surface area (Å²) in [5, 5.41) is 4.34. The number of nitrogens with zero attached hydrogens (tertiary/aromatic N) is 4. The Morgan fingerprint density at radius 3 is 2.13 bits per heavy atom. The average Bonchev–Trinajstić information content (AvgIpc) is 3.74. The number of para-hydroxylation sites is 2. The summed E-state index contributed by atoms with van der Waals surface area (Å²) in [6, 6.07) is 46.4. The van der Waals surface area contributed by atoms with E-state index < -0.39 is 0 Å². The summed E-state index contributed by atoms with van der Waals surface area (Å²) in [5.41, 5.74) is 10.6. The molecule has 10 rings (SSSR count). The van der Waals surface area contributed by atoms with Crippen LogP contribution in [0, 0.1) is 0 Å². The van der Waals surface area contributed by atoms with Gasteiger partial charge in [0.2, 0.25) is 5.95 Å². The minimum absolute atomic E-state index is 0.134. The van der Waals surface area contributed by atoms with Gasteiger partial charge >= 0.3 is 0 Å². The van der Waals surface area contributed by atoms with Crippen molar-refractivity contribution in [2.45, 2.75) is 19.3 Å². The molecular formula is C42H28N4O. The Bertz CT molecular complexity index is 2720. The Morgan fingerprint density at radius 1 is 0.532 bits per heavy atom. The van der Waals surface area contributed by atoms with Crippen LogP contribution in [0.25, 0.3) is 83.6 Å². The first-order chi connectivity index (χ1) is 23.1. The van der Waals surface area contributed by atoms with Crippen LogP contribution >= 0.6 is 0 Å². The highest BCUT2D eigenvalue weighted by atomic mass is 16.3. The predicted octanol–water partition coefficient (Wildman–Crippen LogP) is 10.5. The van der Waals surface area contributed by atoms with Crippen LogP contribution < -0.4 is 0 Å². The number of benzene rings is 6. The van der Waals surface area contributed by atoms with Crippen LogP contribution in [-0.2, 0) is 5.41 Å². The van der Waals surface area contributed by atoms with E-state index in [1.54, 1.807) is 0 Å². The van der Waals surface area contributed by atoms with Gasteiger partial charge < -0.3 is 4.42 Å². The lowest BCUT2D eigenvalue weighted by Crippen LogP contribution is -2.14.